The summed E-state index contributed by atoms with van der Waals surface area (Å²) in [5.74, 6) is -5.98. The summed E-state index contributed by atoms with van der Waals surface area (Å²) < 4.78 is 52.4. The third-order valence-electron chi connectivity index (χ3n) is 4.03. The van der Waals surface area contributed by atoms with E-state index in [4.69, 9.17) is 5.11 Å². The van der Waals surface area contributed by atoms with Crippen molar-refractivity contribution in [1.82, 2.24) is 4.90 Å². The maximum absolute atomic E-state index is 13.7. The number of nitrogens with one attached hydrogen (secondary N) is 1. The van der Waals surface area contributed by atoms with Crippen molar-refractivity contribution in [3.8, 4) is 0 Å². The van der Waals surface area contributed by atoms with E-state index >= 15 is 0 Å². The summed E-state index contributed by atoms with van der Waals surface area (Å²) in [7, 11) is 0. The van der Waals surface area contributed by atoms with Gasteiger partial charge in [0.05, 0.1) is 11.8 Å². The summed E-state index contributed by atoms with van der Waals surface area (Å²) in [5.41, 5.74) is 0.536. The molecule has 132 valence electrons. The zero-order chi connectivity index (χ0) is 18.1. The Morgan fingerprint density at radius 3 is 2.46 bits per heavy atom. The zero-order valence-corrected chi connectivity index (χ0v) is 12.7. The average Bonchev–Trinajstić information content (AvgIpc) is 2.93. The Morgan fingerprint density at radius 1 is 1.33 bits per heavy atom. The Balaban J connectivity index is 2.10. The fourth-order valence-electron chi connectivity index (χ4n) is 2.67. The fourth-order valence-corrected chi connectivity index (χ4v) is 2.67. The lowest BCUT2D eigenvalue weighted by Gasteiger charge is -2.19. The number of anilines is 1. The maximum atomic E-state index is 13.7. The van der Waals surface area contributed by atoms with Gasteiger partial charge in [0, 0.05) is 18.8 Å². The number of carboxylic acid groups (broad SMARTS) is 1. The first kappa shape index (κ1) is 18.0. The van der Waals surface area contributed by atoms with Gasteiger partial charge in [0.15, 0.2) is 0 Å². The summed E-state index contributed by atoms with van der Waals surface area (Å²) in [6.07, 6.45) is -4.26. The minimum atomic E-state index is -4.72. The first-order valence-corrected chi connectivity index (χ1v) is 7.27. The number of aryl methyl sites for hydroxylation is 1. The molecule has 1 aromatic carbocycles. The normalized spacial score (nSPS) is 21.0. The van der Waals surface area contributed by atoms with Crippen LogP contribution in [0.5, 0.6) is 0 Å². The predicted octanol–water partition coefficient (Wildman–Crippen LogP) is 3.11. The van der Waals surface area contributed by atoms with Crippen LogP contribution in [-0.4, -0.2) is 41.3 Å². The van der Waals surface area contributed by atoms with E-state index < -0.39 is 48.9 Å². The standard InChI is InChI=1S/C15H16F4N2O3/c1-2-8-3-4-9(5-12(8)16)20-14(24)21-6-10(13(22)23)11(7-21)15(17,18)19/h3-5,10-11H,2,6-7H2,1H3,(H,20,24)(H,22,23)/t10-,11-/m1/s1. The largest absolute Gasteiger partial charge is 0.481 e. The molecule has 0 aromatic heterocycles. The van der Waals surface area contributed by atoms with Crippen molar-refractivity contribution in [2.75, 3.05) is 18.4 Å². The number of alkyl halides is 3. The lowest BCUT2D eigenvalue weighted by molar-refractivity contribution is -0.187. The fraction of sp³-hybridized carbons (Fsp3) is 0.467. The second kappa shape index (κ2) is 6.66. The van der Waals surface area contributed by atoms with E-state index in [0.717, 1.165) is 11.0 Å². The van der Waals surface area contributed by atoms with E-state index in [1.54, 1.807) is 6.92 Å². The highest BCUT2D eigenvalue weighted by molar-refractivity contribution is 5.90. The molecule has 1 heterocycles. The van der Waals surface area contributed by atoms with Crippen molar-refractivity contribution in [3.05, 3.63) is 29.6 Å². The van der Waals surface area contributed by atoms with Gasteiger partial charge >= 0.3 is 18.2 Å². The molecule has 2 rings (SSSR count). The van der Waals surface area contributed by atoms with Crippen molar-refractivity contribution in [2.24, 2.45) is 11.8 Å². The van der Waals surface area contributed by atoms with Crippen LogP contribution in [0.2, 0.25) is 0 Å². The molecule has 0 aliphatic carbocycles. The molecule has 24 heavy (non-hydrogen) atoms. The number of nitrogens with zero attached hydrogens (tertiary/aromatic N) is 1. The molecular weight excluding hydrogens is 332 g/mol. The number of benzene rings is 1. The van der Waals surface area contributed by atoms with Crippen LogP contribution in [0.4, 0.5) is 28.0 Å². The minimum Gasteiger partial charge on any atom is -0.481 e. The third-order valence-corrected chi connectivity index (χ3v) is 4.03. The number of hydrogen-bond acceptors (Lipinski definition) is 2. The van der Waals surface area contributed by atoms with Gasteiger partial charge in [0.2, 0.25) is 0 Å². The molecule has 5 nitrogen and oxygen atoms in total. The van der Waals surface area contributed by atoms with E-state index in [-0.39, 0.29) is 5.69 Å². The highest BCUT2D eigenvalue weighted by Gasteiger charge is 2.53. The molecule has 1 aromatic rings. The van der Waals surface area contributed by atoms with Crippen LogP contribution in [0.3, 0.4) is 0 Å². The summed E-state index contributed by atoms with van der Waals surface area (Å²) in [6, 6.07) is 3.08. The van der Waals surface area contributed by atoms with Crippen LogP contribution < -0.4 is 5.32 Å². The molecule has 0 radical (unpaired) electrons. The zero-order valence-electron chi connectivity index (χ0n) is 12.7. The van der Waals surface area contributed by atoms with Crippen LogP contribution in [0.1, 0.15) is 12.5 Å². The van der Waals surface area contributed by atoms with E-state index in [0.29, 0.717) is 12.0 Å². The molecule has 1 fully saturated rings. The molecule has 1 aliphatic heterocycles. The summed E-state index contributed by atoms with van der Waals surface area (Å²) in [5, 5.41) is 11.2. The van der Waals surface area contributed by atoms with Gasteiger partial charge < -0.3 is 15.3 Å². The number of carbonyl (C=O) groups excluding carboxylic acids is 1. The second-order valence-corrected chi connectivity index (χ2v) is 5.59. The predicted molar refractivity (Wildman–Crippen MR) is 77.0 cm³/mol. The van der Waals surface area contributed by atoms with Crippen molar-refractivity contribution in [1.29, 1.82) is 0 Å². The van der Waals surface area contributed by atoms with Crippen LogP contribution >= 0.6 is 0 Å². The molecule has 0 saturated carbocycles. The van der Waals surface area contributed by atoms with Gasteiger partial charge in [-0.25, -0.2) is 9.18 Å². The quantitative estimate of drug-likeness (QED) is 0.825. The molecule has 0 spiro atoms. The van der Waals surface area contributed by atoms with Gasteiger partial charge in [-0.1, -0.05) is 13.0 Å². The van der Waals surface area contributed by atoms with Crippen molar-refractivity contribution in [3.63, 3.8) is 0 Å². The topological polar surface area (TPSA) is 69.6 Å². The second-order valence-electron chi connectivity index (χ2n) is 5.59. The van der Waals surface area contributed by atoms with E-state index in [1.165, 1.54) is 12.1 Å². The number of amides is 2. The number of aliphatic carboxylic acids is 1. The Hall–Kier alpha value is -2.32. The lowest BCUT2D eigenvalue weighted by Crippen LogP contribution is -2.35. The van der Waals surface area contributed by atoms with E-state index in [9.17, 15) is 27.2 Å². The molecule has 9 heteroatoms. The molecule has 1 aliphatic rings. The Morgan fingerprint density at radius 2 is 2.00 bits per heavy atom. The van der Waals surface area contributed by atoms with Crippen LogP contribution in [0, 0.1) is 17.7 Å². The van der Waals surface area contributed by atoms with Crippen LogP contribution in [0.15, 0.2) is 18.2 Å². The van der Waals surface area contributed by atoms with Crippen LogP contribution in [-0.2, 0) is 11.2 Å². The molecule has 2 atom stereocenters. The SMILES string of the molecule is CCc1ccc(NC(=O)N2C[C@@H](C(F)(F)F)[C@H](C(=O)O)C2)cc1F. The number of hydrogen-bond donors (Lipinski definition) is 2. The number of urea groups is 1. The smallest absolute Gasteiger partial charge is 0.394 e. The molecule has 0 unspecified atom stereocenters. The number of carboxylic acids is 1. The molecule has 2 amide bonds. The highest BCUT2D eigenvalue weighted by atomic mass is 19.4. The summed E-state index contributed by atoms with van der Waals surface area (Å²) in [4.78, 5) is 23.8. The summed E-state index contributed by atoms with van der Waals surface area (Å²) >= 11 is 0. The molecule has 0 bridgehead atoms. The van der Waals surface area contributed by atoms with Gasteiger partial charge in [0.25, 0.3) is 0 Å². The third kappa shape index (κ3) is 3.77. The first-order valence-electron chi connectivity index (χ1n) is 7.27. The van der Waals surface area contributed by atoms with E-state index in [1.807, 2.05) is 0 Å². The average molecular weight is 348 g/mol. The van der Waals surface area contributed by atoms with Crippen molar-refractivity contribution < 1.29 is 32.3 Å². The molecule has 1 saturated heterocycles. The van der Waals surface area contributed by atoms with E-state index in [2.05, 4.69) is 5.32 Å². The van der Waals surface area contributed by atoms with Gasteiger partial charge in [-0.15, -0.1) is 0 Å². The van der Waals surface area contributed by atoms with Gasteiger partial charge in [-0.05, 0) is 24.1 Å². The first-order chi connectivity index (χ1) is 11.1. The Kier molecular flexibility index (Phi) is 5.00. The van der Waals surface area contributed by atoms with Gasteiger partial charge in [-0.2, -0.15) is 13.2 Å². The Bertz CT molecular complexity index is 648. The Labute approximate surface area is 135 Å². The monoisotopic (exact) mass is 348 g/mol. The number of halogens is 4. The minimum absolute atomic E-state index is 0.0945. The molecular formula is C15H16F4N2O3. The highest BCUT2D eigenvalue weighted by Crippen LogP contribution is 2.37. The molecule has 2 N–H and O–H groups in total. The summed E-state index contributed by atoms with van der Waals surface area (Å²) in [6.45, 7) is 0.451. The van der Waals surface area contributed by atoms with Gasteiger partial charge in [-0.3, -0.25) is 4.79 Å². The number of likely N-dealkylation sites (tertiary alicyclic amines) is 1. The maximum Gasteiger partial charge on any atom is 0.394 e. The van der Waals surface area contributed by atoms with Crippen molar-refractivity contribution >= 4 is 17.7 Å². The van der Waals surface area contributed by atoms with Crippen LogP contribution in [0.25, 0.3) is 0 Å². The number of carbonyl (C=O) groups is 2. The number of rotatable bonds is 3. The van der Waals surface area contributed by atoms with Gasteiger partial charge in [0.1, 0.15) is 5.82 Å². The lowest BCUT2D eigenvalue weighted by atomic mass is 9.96. The van der Waals surface area contributed by atoms with Crippen molar-refractivity contribution in [2.45, 2.75) is 19.5 Å².